The molecule has 0 aliphatic rings. The van der Waals surface area contributed by atoms with Crippen LogP contribution in [0.4, 0.5) is 0 Å². The third-order valence-electron chi connectivity index (χ3n) is 13.9. The first kappa shape index (κ1) is 71.2. The van der Waals surface area contributed by atoms with Crippen LogP contribution in [0.3, 0.4) is 0 Å². The number of hydrogen-bond acceptors (Lipinski definition) is 7. The molecule has 0 bridgehead atoms. The number of likely N-dealkylation sites (N-methyl/N-ethyl adjacent to an activating group) is 1. The molecule has 0 aliphatic heterocycles. The Bertz CT molecular complexity index is 1330. The molecular weight excluding hydrogens is 930 g/mol. The van der Waals surface area contributed by atoms with Crippen LogP contribution in [-0.4, -0.2) is 74.9 Å². The van der Waals surface area contributed by atoms with Crippen LogP contribution in [0.1, 0.15) is 303 Å². The molecule has 0 spiro atoms. The summed E-state index contributed by atoms with van der Waals surface area (Å²) in [6.07, 6.45) is 68.0. The van der Waals surface area contributed by atoms with Gasteiger partial charge in [-0.3, -0.25) is 18.6 Å². The normalized spacial score (nSPS) is 13.5. The lowest BCUT2D eigenvalue weighted by atomic mass is 10.0. The summed E-state index contributed by atoms with van der Waals surface area (Å²) in [7, 11) is 1.48. The van der Waals surface area contributed by atoms with E-state index in [1.54, 1.807) is 0 Å². The molecule has 0 radical (unpaired) electrons. The number of ether oxygens (including phenoxy) is 2. The van der Waals surface area contributed by atoms with Gasteiger partial charge in [0.05, 0.1) is 27.7 Å². The Morgan fingerprint density at radius 3 is 1.12 bits per heavy atom. The molecule has 0 heterocycles. The van der Waals surface area contributed by atoms with Gasteiger partial charge in [-0.15, -0.1) is 0 Å². The number of unbranched alkanes of at least 4 members (excludes halogenated alkanes) is 38. The van der Waals surface area contributed by atoms with Crippen LogP contribution >= 0.6 is 7.82 Å². The van der Waals surface area contributed by atoms with E-state index in [1.165, 1.54) is 199 Å². The maximum Gasteiger partial charge on any atom is 0.472 e. The van der Waals surface area contributed by atoms with Gasteiger partial charge in [-0.2, -0.15) is 0 Å². The largest absolute Gasteiger partial charge is 0.472 e. The second-order valence-corrected chi connectivity index (χ2v) is 23.9. The van der Waals surface area contributed by atoms with E-state index in [0.29, 0.717) is 23.9 Å². The van der Waals surface area contributed by atoms with E-state index in [-0.39, 0.29) is 25.6 Å². The lowest BCUT2D eigenvalue weighted by Gasteiger charge is -2.24. The van der Waals surface area contributed by atoms with Crippen molar-refractivity contribution in [1.29, 1.82) is 0 Å². The van der Waals surface area contributed by atoms with Crippen LogP contribution < -0.4 is 0 Å². The highest BCUT2D eigenvalue weighted by Crippen LogP contribution is 2.43. The number of hydrogen-bond donors (Lipinski definition) is 1. The molecule has 0 amide bonds. The fraction of sp³-hybridized carbons (Fsp3) is 0.873. The first-order valence-electron chi connectivity index (χ1n) is 31.2. The number of carbonyl (C=O) groups is 2. The first-order chi connectivity index (χ1) is 35.5. The topological polar surface area (TPSA) is 108 Å². The summed E-state index contributed by atoms with van der Waals surface area (Å²) < 4.78 is 34.6. The van der Waals surface area contributed by atoms with Gasteiger partial charge in [-0.25, -0.2) is 4.57 Å². The summed E-state index contributed by atoms with van der Waals surface area (Å²) in [6, 6.07) is 0. The van der Waals surface area contributed by atoms with E-state index in [9.17, 15) is 19.0 Å². The minimum atomic E-state index is -4.39. The SMILES string of the molecule is CCCCC/C=C\C/C=C\C/C=C\CCCCCCCCC(=O)OC(COC(=O)CCCCCCCCCCCCCCCCCCCCCCCCCCCCCCCC)COP(=O)(O)OCC[N+](C)(C)C. The maximum absolute atomic E-state index is 12.8. The summed E-state index contributed by atoms with van der Waals surface area (Å²) in [5.74, 6) is -0.798. The van der Waals surface area contributed by atoms with Gasteiger partial charge in [-0.1, -0.05) is 275 Å². The summed E-state index contributed by atoms with van der Waals surface area (Å²) in [5, 5.41) is 0. The molecular formula is C63H121NO8P+. The lowest BCUT2D eigenvalue weighted by molar-refractivity contribution is -0.870. The van der Waals surface area contributed by atoms with Crippen molar-refractivity contribution in [2.24, 2.45) is 0 Å². The second kappa shape index (κ2) is 55.0. The highest BCUT2D eigenvalue weighted by molar-refractivity contribution is 7.47. The minimum absolute atomic E-state index is 0.0300. The number of esters is 2. The number of allylic oxidation sites excluding steroid dienone is 6. The Labute approximate surface area is 452 Å². The molecule has 2 unspecified atom stereocenters. The molecule has 9 nitrogen and oxygen atoms in total. The predicted molar refractivity (Wildman–Crippen MR) is 312 cm³/mol. The van der Waals surface area contributed by atoms with Crippen molar-refractivity contribution in [3.63, 3.8) is 0 Å². The van der Waals surface area contributed by atoms with Gasteiger partial charge in [0.2, 0.25) is 0 Å². The van der Waals surface area contributed by atoms with Gasteiger partial charge in [0.1, 0.15) is 19.8 Å². The molecule has 0 saturated heterocycles. The van der Waals surface area contributed by atoms with Crippen molar-refractivity contribution < 1.29 is 42.1 Å². The van der Waals surface area contributed by atoms with Crippen molar-refractivity contribution in [3.05, 3.63) is 36.5 Å². The number of carbonyl (C=O) groups excluding carboxylic acids is 2. The third-order valence-corrected chi connectivity index (χ3v) is 14.9. The van der Waals surface area contributed by atoms with Crippen molar-refractivity contribution in [1.82, 2.24) is 0 Å². The smallest absolute Gasteiger partial charge is 0.462 e. The zero-order valence-electron chi connectivity index (χ0n) is 48.9. The predicted octanol–water partition coefficient (Wildman–Crippen LogP) is 19.5. The van der Waals surface area contributed by atoms with Crippen molar-refractivity contribution >= 4 is 19.8 Å². The van der Waals surface area contributed by atoms with E-state index in [2.05, 4.69) is 50.3 Å². The Hall–Kier alpha value is -1.77. The van der Waals surface area contributed by atoms with E-state index < -0.39 is 26.5 Å². The highest BCUT2D eigenvalue weighted by atomic mass is 31.2. The number of rotatable bonds is 58. The zero-order valence-corrected chi connectivity index (χ0v) is 49.8. The zero-order chi connectivity index (χ0) is 53.5. The standard InChI is InChI=1S/C63H120NO8P/c1-6-8-10-12-14-16-18-20-22-24-26-27-28-29-30-31-32-33-34-35-36-38-39-41-43-45-47-49-51-53-55-62(65)69-59-61(60-71-73(67,68)70-58-57-64(3,4)5)72-63(66)56-54-52-50-48-46-44-42-40-37-25-23-21-19-17-15-13-11-9-7-2/h15,17,21,23,37,40,61H,6-14,16,18-20,22,24-36,38-39,41-60H2,1-5H3/p+1/b17-15-,23-21-,40-37-. The van der Waals surface area contributed by atoms with Crippen LogP contribution in [0.15, 0.2) is 36.5 Å². The Morgan fingerprint density at radius 1 is 0.425 bits per heavy atom. The van der Waals surface area contributed by atoms with Crippen LogP contribution in [-0.2, 0) is 32.7 Å². The van der Waals surface area contributed by atoms with Gasteiger partial charge in [-0.05, 0) is 51.4 Å². The van der Waals surface area contributed by atoms with Crippen LogP contribution in [0.2, 0.25) is 0 Å². The minimum Gasteiger partial charge on any atom is -0.462 e. The molecule has 0 aliphatic carbocycles. The van der Waals surface area contributed by atoms with Gasteiger partial charge >= 0.3 is 19.8 Å². The molecule has 0 aromatic rings. The maximum atomic E-state index is 12.8. The van der Waals surface area contributed by atoms with Gasteiger partial charge < -0.3 is 18.9 Å². The van der Waals surface area contributed by atoms with Crippen molar-refractivity contribution in [3.8, 4) is 0 Å². The van der Waals surface area contributed by atoms with E-state index in [0.717, 1.165) is 70.6 Å². The number of phosphoric ester groups is 1. The van der Waals surface area contributed by atoms with E-state index in [1.807, 2.05) is 21.1 Å². The quantitative estimate of drug-likeness (QED) is 0.0211. The fourth-order valence-corrected chi connectivity index (χ4v) is 9.83. The van der Waals surface area contributed by atoms with E-state index >= 15 is 0 Å². The summed E-state index contributed by atoms with van der Waals surface area (Å²) in [6.45, 7) is 4.44. The molecule has 2 atom stereocenters. The molecule has 73 heavy (non-hydrogen) atoms. The summed E-state index contributed by atoms with van der Waals surface area (Å²) in [5.41, 5.74) is 0. The molecule has 430 valence electrons. The molecule has 0 aromatic heterocycles. The number of nitrogens with zero attached hydrogens (tertiary/aromatic N) is 1. The molecule has 10 heteroatoms. The molecule has 0 saturated carbocycles. The summed E-state index contributed by atoms with van der Waals surface area (Å²) in [4.78, 5) is 35.7. The summed E-state index contributed by atoms with van der Waals surface area (Å²) >= 11 is 0. The molecule has 0 fully saturated rings. The second-order valence-electron chi connectivity index (χ2n) is 22.5. The van der Waals surface area contributed by atoms with Crippen molar-refractivity contribution in [2.75, 3.05) is 47.5 Å². The van der Waals surface area contributed by atoms with Gasteiger partial charge in [0.25, 0.3) is 0 Å². The van der Waals surface area contributed by atoms with Gasteiger partial charge in [0, 0.05) is 12.8 Å². The molecule has 0 rings (SSSR count). The van der Waals surface area contributed by atoms with Gasteiger partial charge in [0.15, 0.2) is 6.10 Å². The van der Waals surface area contributed by atoms with Crippen LogP contribution in [0.5, 0.6) is 0 Å². The fourth-order valence-electron chi connectivity index (χ4n) is 9.08. The Kier molecular flexibility index (Phi) is 53.7. The molecule has 1 N–H and O–H groups in total. The number of quaternary nitrogens is 1. The van der Waals surface area contributed by atoms with E-state index in [4.69, 9.17) is 18.5 Å². The number of phosphoric acid groups is 1. The third kappa shape index (κ3) is 59.3. The highest BCUT2D eigenvalue weighted by Gasteiger charge is 2.27. The first-order valence-corrected chi connectivity index (χ1v) is 32.7. The monoisotopic (exact) mass is 1050 g/mol. The lowest BCUT2D eigenvalue weighted by Crippen LogP contribution is -2.37. The Balaban J connectivity index is 4.04. The van der Waals surface area contributed by atoms with Crippen LogP contribution in [0.25, 0.3) is 0 Å². The molecule has 0 aromatic carbocycles. The average molecular weight is 1050 g/mol. The average Bonchev–Trinajstić information content (AvgIpc) is 3.35. The van der Waals surface area contributed by atoms with Crippen molar-refractivity contribution in [2.45, 2.75) is 309 Å². The Morgan fingerprint density at radius 2 is 0.740 bits per heavy atom. The van der Waals surface area contributed by atoms with Crippen LogP contribution in [0, 0.1) is 0 Å².